The molecule has 6 nitrogen and oxygen atoms in total. The van der Waals surface area contributed by atoms with Crippen LogP contribution in [0.15, 0.2) is 73.1 Å². The van der Waals surface area contributed by atoms with E-state index in [2.05, 4.69) is 15.6 Å². The third kappa shape index (κ3) is 4.92. The molecule has 136 valence electrons. The van der Waals surface area contributed by atoms with Crippen LogP contribution in [-0.2, 0) is 0 Å². The Kier molecular flexibility index (Phi) is 5.79. The zero-order chi connectivity index (χ0) is 19.1. The Labute approximate surface area is 157 Å². The number of benzene rings is 2. The average Bonchev–Trinajstić information content (AvgIpc) is 2.71. The van der Waals surface area contributed by atoms with E-state index in [1.165, 1.54) is 6.20 Å². The summed E-state index contributed by atoms with van der Waals surface area (Å²) in [7, 11) is 0. The quantitative estimate of drug-likeness (QED) is 0.696. The number of ether oxygens (including phenoxy) is 1. The molecule has 0 aliphatic rings. The van der Waals surface area contributed by atoms with Gasteiger partial charge in [0.05, 0.1) is 12.2 Å². The van der Waals surface area contributed by atoms with Crippen molar-refractivity contribution in [2.75, 3.05) is 17.2 Å². The van der Waals surface area contributed by atoms with E-state index in [0.29, 0.717) is 29.1 Å². The Bertz CT molecular complexity index is 908. The van der Waals surface area contributed by atoms with Crippen molar-refractivity contribution in [3.63, 3.8) is 0 Å². The molecule has 1 heterocycles. The van der Waals surface area contributed by atoms with Crippen molar-refractivity contribution >= 4 is 23.2 Å². The molecule has 0 aliphatic heterocycles. The van der Waals surface area contributed by atoms with Gasteiger partial charge in [0, 0.05) is 29.3 Å². The molecule has 0 unspecified atom stereocenters. The monoisotopic (exact) mass is 361 g/mol. The highest BCUT2D eigenvalue weighted by atomic mass is 16.5. The number of hydrogen-bond donors (Lipinski definition) is 2. The van der Waals surface area contributed by atoms with Crippen molar-refractivity contribution in [3.05, 3.63) is 84.2 Å². The Morgan fingerprint density at radius 1 is 0.852 bits per heavy atom. The minimum atomic E-state index is -0.255. The molecule has 3 rings (SSSR count). The first-order chi connectivity index (χ1) is 13.2. The minimum Gasteiger partial charge on any atom is -0.494 e. The van der Waals surface area contributed by atoms with Crippen molar-refractivity contribution in [1.82, 2.24) is 4.98 Å². The third-order valence-corrected chi connectivity index (χ3v) is 3.75. The second-order valence-electron chi connectivity index (χ2n) is 5.68. The van der Waals surface area contributed by atoms with Gasteiger partial charge in [0.1, 0.15) is 5.75 Å². The van der Waals surface area contributed by atoms with Gasteiger partial charge in [-0.05, 0) is 67.6 Å². The van der Waals surface area contributed by atoms with Crippen molar-refractivity contribution in [3.8, 4) is 5.75 Å². The summed E-state index contributed by atoms with van der Waals surface area (Å²) in [5.41, 5.74) is 2.23. The number of anilines is 2. The largest absolute Gasteiger partial charge is 0.494 e. The minimum absolute atomic E-state index is 0.232. The highest BCUT2D eigenvalue weighted by molar-refractivity contribution is 6.06. The lowest BCUT2D eigenvalue weighted by molar-refractivity contribution is 0.101. The summed E-state index contributed by atoms with van der Waals surface area (Å²) in [6, 6.07) is 17.2. The number of rotatable bonds is 6. The van der Waals surface area contributed by atoms with Gasteiger partial charge < -0.3 is 15.4 Å². The SMILES string of the molecule is CCOc1ccc(NC(=O)c2ccc(NC(=O)c3cccnc3)cc2)cc1. The van der Waals surface area contributed by atoms with Gasteiger partial charge in [-0.2, -0.15) is 0 Å². The zero-order valence-corrected chi connectivity index (χ0v) is 14.8. The lowest BCUT2D eigenvalue weighted by Crippen LogP contribution is -2.13. The Balaban J connectivity index is 1.61. The first-order valence-corrected chi connectivity index (χ1v) is 8.51. The normalized spacial score (nSPS) is 10.1. The predicted molar refractivity (Wildman–Crippen MR) is 104 cm³/mol. The highest BCUT2D eigenvalue weighted by Crippen LogP contribution is 2.17. The molecule has 2 aromatic carbocycles. The molecule has 1 aromatic heterocycles. The number of nitrogens with one attached hydrogen (secondary N) is 2. The van der Waals surface area contributed by atoms with Crippen LogP contribution >= 0.6 is 0 Å². The molecular weight excluding hydrogens is 342 g/mol. The standard InChI is InChI=1S/C21H19N3O3/c1-2-27-19-11-9-18(10-12-19)23-20(25)15-5-7-17(8-6-15)24-21(26)16-4-3-13-22-14-16/h3-14H,2H2,1H3,(H,23,25)(H,24,26). The number of hydrogen-bond acceptors (Lipinski definition) is 4. The second kappa shape index (κ2) is 8.62. The van der Waals surface area contributed by atoms with E-state index < -0.39 is 0 Å². The van der Waals surface area contributed by atoms with E-state index in [9.17, 15) is 9.59 Å². The number of amides is 2. The molecule has 2 amide bonds. The molecule has 0 spiro atoms. The molecule has 0 radical (unpaired) electrons. The number of carbonyl (C=O) groups excluding carboxylic acids is 2. The number of pyridine rings is 1. The fourth-order valence-electron chi connectivity index (χ4n) is 2.41. The van der Waals surface area contributed by atoms with Gasteiger partial charge in [-0.1, -0.05) is 0 Å². The van der Waals surface area contributed by atoms with Crippen molar-refractivity contribution < 1.29 is 14.3 Å². The van der Waals surface area contributed by atoms with Gasteiger partial charge in [0.2, 0.25) is 0 Å². The van der Waals surface area contributed by atoms with E-state index in [1.807, 2.05) is 6.92 Å². The topological polar surface area (TPSA) is 80.3 Å². The van der Waals surface area contributed by atoms with E-state index in [-0.39, 0.29) is 11.8 Å². The molecule has 0 aliphatic carbocycles. The van der Waals surface area contributed by atoms with E-state index in [4.69, 9.17) is 4.74 Å². The van der Waals surface area contributed by atoms with Gasteiger partial charge in [-0.25, -0.2) is 0 Å². The summed E-state index contributed by atoms with van der Waals surface area (Å²) in [5.74, 6) is 0.267. The number of aromatic nitrogens is 1. The van der Waals surface area contributed by atoms with E-state index in [0.717, 1.165) is 5.75 Å². The van der Waals surface area contributed by atoms with Crippen molar-refractivity contribution in [1.29, 1.82) is 0 Å². The van der Waals surface area contributed by atoms with E-state index in [1.54, 1.807) is 66.9 Å². The average molecular weight is 361 g/mol. The Morgan fingerprint density at radius 3 is 2.00 bits per heavy atom. The third-order valence-electron chi connectivity index (χ3n) is 3.75. The van der Waals surface area contributed by atoms with Gasteiger partial charge >= 0.3 is 0 Å². The van der Waals surface area contributed by atoms with Crippen LogP contribution in [0.4, 0.5) is 11.4 Å². The molecular formula is C21H19N3O3. The maximum Gasteiger partial charge on any atom is 0.257 e. The van der Waals surface area contributed by atoms with Crippen LogP contribution in [0.3, 0.4) is 0 Å². The van der Waals surface area contributed by atoms with Gasteiger partial charge in [-0.3, -0.25) is 14.6 Å². The molecule has 0 saturated carbocycles. The fraction of sp³-hybridized carbons (Fsp3) is 0.0952. The van der Waals surface area contributed by atoms with Crippen LogP contribution in [0, 0.1) is 0 Å². The maximum absolute atomic E-state index is 12.3. The summed E-state index contributed by atoms with van der Waals surface area (Å²) >= 11 is 0. The van der Waals surface area contributed by atoms with Crippen LogP contribution in [0.5, 0.6) is 5.75 Å². The molecule has 6 heteroatoms. The molecule has 3 aromatic rings. The van der Waals surface area contributed by atoms with Crippen LogP contribution in [0.2, 0.25) is 0 Å². The second-order valence-corrected chi connectivity index (χ2v) is 5.68. The maximum atomic E-state index is 12.3. The van der Waals surface area contributed by atoms with Crippen molar-refractivity contribution in [2.45, 2.75) is 6.92 Å². The Morgan fingerprint density at radius 2 is 1.44 bits per heavy atom. The molecule has 0 bridgehead atoms. The van der Waals surface area contributed by atoms with Crippen LogP contribution in [0.25, 0.3) is 0 Å². The lowest BCUT2D eigenvalue weighted by Gasteiger charge is -2.08. The van der Waals surface area contributed by atoms with Gasteiger partial charge in [-0.15, -0.1) is 0 Å². The summed E-state index contributed by atoms with van der Waals surface area (Å²) in [5, 5.41) is 5.59. The lowest BCUT2D eigenvalue weighted by atomic mass is 10.1. The van der Waals surface area contributed by atoms with Crippen LogP contribution in [0.1, 0.15) is 27.6 Å². The summed E-state index contributed by atoms with van der Waals surface area (Å²) in [6.07, 6.45) is 3.10. The number of carbonyl (C=O) groups is 2. The molecule has 0 fully saturated rings. The van der Waals surface area contributed by atoms with E-state index >= 15 is 0 Å². The zero-order valence-electron chi connectivity index (χ0n) is 14.8. The summed E-state index contributed by atoms with van der Waals surface area (Å²) < 4.78 is 5.38. The first kappa shape index (κ1) is 18.1. The van der Waals surface area contributed by atoms with Crippen LogP contribution in [-0.4, -0.2) is 23.4 Å². The summed E-state index contributed by atoms with van der Waals surface area (Å²) in [4.78, 5) is 28.4. The highest BCUT2D eigenvalue weighted by Gasteiger charge is 2.09. The van der Waals surface area contributed by atoms with Crippen LogP contribution < -0.4 is 15.4 Å². The van der Waals surface area contributed by atoms with Gasteiger partial charge in [0.15, 0.2) is 0 Å². The molecule has 2 N–H and O–H groups in total. The molecule has 0 atom stereocenters. The van der Waals surface area contributed by atoms with Crippen molar-refractivity contribution in [2.24, 2.45) is 0 Å². The predicted octanol–water partition coefficient (Wildman–Crippen LogP) is 3.98. The molecule has 0 saturated heterocycles. The smallest absolute Gasteiger partial charge is 0.257 e. The Hall–Kier alpha value is -3.67. The van der Waals surface area contributed by atoms with Gasteiger partial charge in [0.25, 0.3) is 11.8 Å². The first-order valence-electron chi connectivity index (χ1n) is 8.51. The molecule has 27 heavy (non-hydrogen) atoms. The fourth-order valence-corrected chi connectivity index (χ4v) is 2.41. The number of nitrogens with zero attached hydrogens (tertiary/aromatic N) is 1. The summed E-state index contributed by atoms with van der Waals surface area (Å²) in [6.45, 7) is 2.51.